The molecule has 0 radical (unpaired) electrons. The zero-order valence-electron chi connectivity index (χ0n) is 12.7. The normalized spacial score (nSPS) is 12.5. The Labute approximate surface area is 141 Å². The van der Waals surface area contributed by atoms with E-state index in [2.05, 4.69) is 26.1 Å². The number of sulfonamides is 1. The predicted molar refractivity (Wildman–Crippen MR) is 82.5 cm³/mol. The summed E-state index contributed by atoms with van der Waals surface area (Å²) in [4.78, 5) is -0.237. The van der Waals surface area contributed by atoms with Crippen LogP contribution in [0.4, 0.5) is 8.78 Å². The van der Waals surface area contributed by atoms with Gasteiger partial charge in [-0.1, -0.05) is 0 Å². The van der Waals surface area contributed by atoms with Crippen LogP contribution in [-0.4, -0.2) is 39.3 Å². The number of hydrogen-bond donors (Lipinski definition) is 0. The number of halogens is 3. The first-order valence-electron chi connectivity index (χ1n) is 6.68. The summed E-state index contributed by atoms with van der Waals surface area (Å²) in [6.45, 7) is 0.924. The highest BCUT2D eigenvalue weighted by Crippen LogP contribution is 2.25. The van der Waals surface area contributed by atoms with Crippen LogP contribution in [0.1, 0.15) is 24.9 Å². The molecule has 7 nitrogen and oxygen atoms in total. The summed E-state index contributed by atoms with van der Waals surface area (Å²) in [5.74, 6) is 0. The van der Waals surface area contributed by atoms with Crippen molar-refractivity contribution in [2.75, 3.05) is 7.05 Å². The summed E-state index contributed by atoms with van der Waals surface area (Å²) < 4.78 is 54.5. The summed E-state index contributed by atoms with van der Waals surface area (Å²) in [7, 11) is -2.56. The third kappa shape index (κ3) is 3.31. The molecule has 128 valence electrons. The lowest BCUT2D eigenvalue weighted by molar-refractivity contribution is 0.0541. The Kier molecular flexibility index (Phi) is 5.21. The molecule has 0 aliphatic heterocycles. The molecule has 23 heavy (non-hydrogen) atoms. The zero-order valence-corrected chi connectivity index (χ0v) is 15.1. The van der Waals surface area contributed by atoms with Gasteiger partial charge in [-0.2, -0.15) is 23.3 Å². The lowest BCUT2D eigenvalue weighted by Crippen LogP contribution is -2.28. The van der Waals surface area contributed by atoms with Crippen molar-refractivity contribution in [1.82, 2.24) is 23.9 Å². The highest BCUT2D eigenvalue weighted by atomic mass is 79.9. The molecule has 0 N–H and O–H groups in total. The molecule has 2 rings (SSSR count). The molecule has 0 fully saturated rings. The van der Waals surface area contributed by atoms with Gasteiger partial charge in [-0.05, 0) is 29.8 Å². The Balaban J connectivity index is 2.34. The van der Waals surface area contributed by atoms with Crippen LogP contribution in [0, 0.1) is 6.92 Å². The van der Waals surface area contributed by atoms with E-state index < -0.39 is 16.6 Å². The van der Waals surface area contributed by atoms with Gasteiger partial charge >= 0.3 is 6.55 Å². The van der Waals surface area contributed by atoms with Crippen molar-refractivity contribution >= 4 is 26.0 Å². The van der Waals surface area contributed by atoms with Crippen LogP contribution in [0.5, 0.6) is 0 Å². The number of aromatic nitrogens is 4. The van der Waals surface area contributed by atoms with E-state index in [1.165, 1.54) is 14.0 Å². The molecule has 0 unspecified atom stereocenters. The Bertz CT molecular complexity index is 802. The maximum Gasteiger partial charge on any atom is 0.333 e. The van der Waals surface area contributed by atoms with Crippen molar-refractivity contribution in [3.63, 3.8) is 0 Å². The second-order valence-corrected chi connectivity index (χ2v) is 7.70. The topological polar surface area (TPSA) is 73.0 Å². The number of hydrogen-bond acceptors (Lipinski definition) is 4. The first-order valence-corrected chi connectivity index (χ1v) is 8.92. The number of alkyl halides is 2. The highest BCUT2D eigenvalue weighted by molar-refractivity contribution is 9.10. The fraction of sp³-hybridized carbons (Fsp3) is 0.500. The smallest absolute Gasteiger partial charge is 0.267 e. The maximum absolute atomic E-state index is 12.8. The highest BCUT2D eigenvalue weighted by Gasteiger charge is 2.28. The predicted octanol–water partition coefficient (Wildman–Crippen LogP) is 2.39. The number of rotatable bonds is 6. The lowest BCUT2D eigenvalue weighted by atomic mass is 10.4. The van der Waals surface area contributed by atoms with Gasteiger partial charge in [0.15, 0.2) is 0 Å². The van der Waals surface area contributed by atoms with Crippen molar-refractivity contribution < 1.29 is 17.2 Å². The van der Waals surface area contributed by atoms with E-state index in [4.69, 9.17) is 0 Å². The van der Waals surface area contributed by atoms with E-state index in [0.717, 1.165) is 10.5 Å². The molecular weight excluding hydrogens is 396 g/mol. The second-order valence-electron chi connectivity index (χ2n) is 4.83. The molecule has 0 aromatic carbocycles. The fourth-order valence-electron chi connectivity index (χ4n) is 2.14. The number of aryl methyl sites for hydroxylation is 1. The molecule has 0 saturated carbocycles. The lowest BCUT2D eigenvalue weighted by Gasteiger charge is -2.18. The van der Waals surface area contributed by atoms with Crippen molar-refractivity contribution in [1.29, 1.82) is 0 Å². The molecule has 0 bridgehead atoms. The van der Waals surface area contributed by atoms with Gasteiger partial charge in [0.2, 0.25) is 10.0 Å². The largest absolute Gasteiger partial charge is 0.333 e. The van der Waals surface area contributed by atoms with Gasteiger partial charge < -0.3 is 0 Å². The van der Waals surface area contributed by atoms with Crippen LogP contribution < -0.4 is 0 Å². The van der Waals surface area contributed by atoms with Gasteiger partial charge in [0.1, 0.15) is 4.90 Å². The minimum Gasteiger partial charge on any atom is -0.267 e. The molecule has 0 aliphatic rings. The second kappa shape index (κ2) is 6.65. The molecule has 0 saturated heterocycles. The molecule has 2 heterocycles. The maximum atomic E-state index is 12.8. The van der Waals surface area contributed by atoms with Crippen LogP contribution in [0.3, 0.4) is 0 Å². The Morgan fingerprint density at radius 1 is 1.35 bits per heavy atom. The van der Waals surface area contributed by atoms with Crippen LogP contribution in [0.2, 0.25) is 0 Å². The van der Waals surface area contributed by atoms with E-state index in [0.29, 0.717) is 21.4 Å². The third-order valence-corrected chi connectivity index (χ3v) is 6.01. The first-order chi connectivity index (χ1) is 10.7. The van der Waals surface area contributed by atoms with Gasteiger partial charge in [-0.3, -0.25) is 4.68 Å². The van der Waals surface area contributed by atoms with Crippen molar-refractivity contribution in [2.24, 2.45) is 0 Å². The molecular formula is C12H16BrF2N5O2S. The van der Waals surface area contributed by atoms with E-state index in [9.17, 15) is 17.2 Å². The Morgan fingerprint density at radius 2 is 2.00 bits per heavy atom. The molecule has 0 atom stereocenters. The van der Waals surface area contributed by atoms with E-state index in [1.54, 1.807) is 10.9 Å². The third-order valence-electron chi connectivity index (χ3n) is 3.44. The Hall–Kier alpha value is -1.33. The van der Waals surface area contributed by atoms with E-state index in [1.807, 2.05) is 6.92 Å². The van der Waals surface area contributed by atoms with Gasteiger partial charge in [0.05, 0.1) is 34.8 Å². The SMILES string of the molecule is CCn1ncc(Br)c1CN(C)S(=O)(=O)c1cnn(C(F)F)c1C. The zero-order chi connectivity index (χ0) is 17.4. The molecule has 0 aliphatic carbocycles. The number of nitrogens with zero attached hydrogens (tertiary/aromatic N) is 5. The van der Waals surface area contributed by atoms with Gasteiger partial charge in [-0.25, -0.2) is 13.1 Å². The van der Waals surface area contributed by atoms with Crippen LogP contribution in [0.15, 0.2) is 21.8 Å². The molecule has 2 aromatic rings. The van der Waals surface area contributed by atoms with E-state index in [-0.39, 0.29) is 17.1 Å². The van der Waals surface area contributed by atoms with Crippen molar-refractivity contribution in [3.8, 4) is 0 Å². The quantitative estimate of drug-likeness (QED) is 0.731. The summed E-state index contributed by atoms with van der Waals surface area (Å²) in [5.41, 5.74) is 0.576. The first kappa shape index (κ1) is 18.0. The Morgan fingerprint density at radius 3 is 2.52 bits per heavy atom. The van der Waals surface area contributed by atoms with Crippen molar-refractivity contribution in [3.05, 3.63) is 28.3 Å². The standard InChI is InChI=1S/C12H16BrF2N5O2S/c1-4-19-10(9(13)5-16-19)7-18(3)23(21,22)11-6-17-20(8(11)2)12(14)15/h5-6,12H,4,7H2,1-3H3. The van der Waals surface area contributed by atoms with Crippen molar-refractivity contribution in [2.45, 2.75) is 38.4 Å². The minimum atomic E-state index is -3.95. The van der Waals surface area contributed by atoms with Crippen LogP contribution in [-0.2, 0) is 23.1 Å². The average molecular weight is 412 g/mol. The molecule has 11 heteroatoms. The molecule has 2 aromatic heterocycles. The minimum absolute atomic E-state index is 0.0516. The summed E-state index contributed by atoms with van der Waals surface area (Å²) in [6, 6.07) is 0. The van der Waals surface area contributed by atoms with Crippen LogP contribution in [0.25, 0.3) is 0 Å². The summed E-state index contributed by atoms with van der Waals surface area (Å²) in [5, 5.41) is 7.57. The van der Waals surface area contributed by atoms with Gasteiger partial charge in [-0.15, -0.1) is 0 Å². The monoisotopic (exact) mass is 411 g/mol. The molecule has 0 spiro atoms. The van der Waals surface area contributed by atoms with Gasteiger partial charge in [0, 0.05) is 13.6 Å². The molecule has 0 amide bonds. The summed E-state index contributed by atoms with van der Waals surface area (Å²) in [6.07, 6.45) is 2.53. The van der Waals surface area contributed by atoms with Crippen LogP contribution >= 0.6 is 15.9 Å². The average Bonchev–Trinajstić information content (AvgIpc) is 3.03. The summed E-state index contributed by atoms with van der Waals surface area (Å²) >= 11 is 3.33. The van der Waals surface area contributed by atoms with Gasteiger partial charge in [0.25, 0.3) is 0 Å². The van der Waals surface area contributed by atoms with E-state index >= 15 is 0 Å². The fourth-order valence-corrected chi connectivity index (χ4v) is 3.84.